The van der Waals surface area contributed by atoms with Crippen molar-refractivity contribution < 1.29 is 19.8 Å². The van der Waals surface area contributed by atoms with E-state index in [1.54, 1.807) is 11.8 Å². The smallest absolute Gasteiger partial charge is 0.249 e. The molecule has 0 aliphatic carbocycles. The first-order valence-electron chi connectivity index (χ1n) is 10.9. The molecule has 9 nitrogen and oxygen atoms in total. The second-order valence-corrected chi connectivity index (χ2v) is 8.51. The summed E-state index contributed by atoms with van der Waals surface area (Å²) >= 11 is 1.62. The number of rotatable bonds is 17. The fourth-order valence-corrected chi connectivity index (χ4v) is 3.72. The van der Waals surface area contributed by atoms with Crippen molar-refractivity contribution in [1.29, 1.82) is 0 Å². The molecule has 0 fully saturated rings. The number of aliphatic hydroxyl groups is 2. The molecule has 0 bridgehead atoms. The molecule has 4 N–H and O–H groups in total. The highest BCUT2D eigenvalue weighted by atomic mass is 32.2. The molecule has 2 atom stereocenters. The van der Waals surface area contributed by atoms with Crippen LogP contribution in [0.2, 0.25) is 0 Å². The van der Waals surface area contributed by atoms with Gasteiger partial charge in [-0.05, 0) is 18.6 Å². The maximum atomic E-state index is 12.7. The largest absolute Gasteiger partial charge is 0.394 e. The quantitative estimate of drug-likeness (QED) is 0.271. The number of carbonyl (C=O) groups is 2. The Bertz CT molecular complexity index is 614. The molecular weight excluding hydrogens is 406 g/mol. The van der Waals surface area contributed by atoms with Crippen molar-refractivity contribution in [3.63, 3.8) is 0 Å². The summed E-state index contributed by atoms with van der Waals surface area (Å²) in [5.41, 5.74) is 0. The molecule has 1 aromatic rings. The Hall–Kier alpha value is -1.65. The average molecular weight is 444 g/mol. The lowest BCUT2D eigenvalue weighted by molar-refractivity contribution is -0.126. The minimum atomic E-state index is -0.949. The van der Waals surface area contributed by atoms with E-state index < -0.39 is 12.1 Å². The van der Waals surface area contributed by atoms with Crippen LogP contribution in [0.1, 0.15) is 65.2 Å². The van der Waals surface area contributed by atoms with Crippen molar-refractivity contribution in [3.8, 4) is 0 Å². The van der Waals surface area contributed by atoms with E-state index in [0.29, 0.717) is 12.2 Å². The Morgan fingerprint density at radius 3 is 2.60 bits per heavy atom. The van der Waals surface area contributed by atoms with Gasteiger partial charge in [-0.25, -0.2) is 4.68 Å². The number of nitrogens with one attached hydrogen (secondary N) is 2. The van der Waals surface area contributed by atoms with Gasteiger partial charge in [-0.2, -0.15) is 11.8 Å². The third-order valence-electron chi connectivity index (χ3n) is 4.44. The molecule has 1 aromatic heterocycles. The topological polar surface area (TPSA) is 129 Å². The van der Waals surface area contributed by atoms with Crippen LogP contribution in [0.15, 0.2) is 6.20 Å². The highest BCUT2D eigenvalue weighted by Crippen LogP contribution is 2.10. The van der Waals surface area contributed by atoms with Crippen LogP contribution in [0, 0.1) is 0 Å². The molecule has 1 rings (SSSR count). The molecule has 2 amide bonds. The molecule has 0 saturated carbocycles. The number of hydrogen-bond acceptors (Lipinski definition) is 7. The molecule has 0 radical (unpaired) electrons. The second-order valence-electron chi connectivity index (χ2n) is 7.36. The van der Waals surface area contributed by atoms with E-state index in [2.05, 4.69) is 34.8 Å². The van der Waals surface area contributed by atoms with E-state index in [1.165, 1.54) is 30.1 Å². The van der Waals surface area contributed by atoms with Gasteiger partial charge in [-0.1, -0.05) is 51.2 Å². The number of unbranched alkanes of at least 4 members (excludes halogenated alkanes) is 5. The van der Waals surface area contributed by atoms with Crippen LogP contribution in [0.3, 0.4) is 0 Å². The van der Waals surface area contributed by atoms with Crippen molar-refractivity contribution in [2.45, 2.75) is 83.9 Å². The number of anilines is 1. The van der Waals surface area contributed by atoms with E-state index in [4.69, 9.17) is 5.11 Å². The van der Waals surface area contributed by atoms with Crippen LogP contribution in [0.25, 0.3) is 0 Å². The Morgan fingerprint density at radius 1 is 1.17 bits per heavy atom. The predicted octanol–water partition coefficient (Wildman–Crippen LogP) is 1.95. The number of thioether (sulfide) groups is 1. The zero-order valence-corrected chi connectivity index (χ0v) is 19.0. The summed E-state index contributed by atoms with van der Waals surface area (Å²) in [7, 11) is 0. The van der Waals surface area contributed by atoms with Gasteiger partial charge in [-0.15, -0.1) is 5.10 Å². The number of nitrogens with zero attached hydrogens (tertiary/aromatic N) is 3. The van der Waals surface area contributed by atoms with E-state index in [1.807, 2.05) is 0 Å². The lowest BCUT2D eigenvalue weighted by Gasteiger charge is -2.17. The van der Waals surface area contributed by atoms with Gasteiger partial charge < -0.3 is 20.8 Å². The van der Waals surface area contributed by atoms with Crippen LogP contribution >= 0.6 is 11.8 Å². The Morgan fingerprint density at radius 2 is 1.90 bits per heavy atom. The van der Waals surface area contributed by atoms with Crippen LogP contribution in [-0.4, -0.2) is 67.3 Å². The van der Waals surface area contributed by atoms with Crippen molar-refractivity contribution in [2.24, 2.45) is 0 Å². The van der Waals surface area contributed by atoms with E-state index in [0.717, 1.165) is 31.4 Å². The SMILES string of the molecule is CCCCCCCCC(=O)N[C@H](CSCCC)C(=O)Nc1cn(C[C@@H](O)CO)nn1. The highest BCUT2D eigenvalue weighted by Gasteiger charge is 2.22. The number of hydrogen-bond donors (Lipinski definition) is 4. The van der Waals surface area contributed by atoms with Gasteiger partial charge in [-0.3, -0.25) is 9.59 Å². The molecule has 0 aromatic carbocycles. The Balaban J connectivity index is 2.52. The van der Waals surface area contributed by atoms with Gasteiger partial charge in [0.15, 0.2) is 5.82 Å². The minimum absolute atomic E-state index is 0.0736. The molecule has 0 saturated heterocycles. The summed E-state index contributed by atoms with van der Waals surface area (Å²) in [5.74, 6) is 1.17. The second kappa shape index (κ2) is 16.1. The Labute approximate surface area is 183 Å². The fourth-order valence-electron chi connectivity index (χ4n) is 2.79. The first-order valence-corrected chi connectivity index (χ1v) is 12.0. The van der Waals surface area contributed by atoms with E-state index >= 15 is 0 Å². The number of aliphatic hydroxyl groups excluding tert-OH is 2. The van der Waals surface area contributed by atoms with Gasteiger partial charge in [0.05, 0.1) is 25.5 Å². The van der Waals surface area contributed by atoms with Gasteiger partial charge in [0.25, 0.3) is 0 Å². The van der Waals surface area contributed by atoms with Crippen LogP contribution < -0.4 is 10.6 Å². The summed E-state index contributed by atoms with van der Waals surface area (Å²) < 4.78 is 1.34. The van der Waals surface area contributed by atoms with Crippen molar-refractivity contribution in [3.05, 3.63) is 6.20 Å². The molecular formula is C20H37N5O4S. The first kappa shape index (κ1) is 26.4. The van der Waals surface area contributed by atoms with Gasteiger partial charge in [0.2, 0.25) is 11.8 Å². The van der Waals surface area contributed by atoms with Crippen molar-refractivity contribution >= 4 is 29.4 Å². The molecule has 0 aliphatic rings. The summed E-state index contributed by atoms with van der Waals surface area (Å²) in [6, 6.07) is -0.651. The third-order valence-corrected chi connectivity index (χ3v) is 5.71. The van der Waals surface area contributed by atoms with Crippen molar-refractivity contribution in [1.82, 2.24) is 20.3 Å². The molecule has 0 spiro atoms. The molecule has 0 aliphatic heterocycles. The highest BCUT2D eigenvalue weighted by molar-refractivity contribution is 7.99. The predicted molar refractivity (Wildman–Crippen MR) is 119 cm³/mol. The normalized spacial score (nSPS) is 13.1. The molecule has 10 heteroatoms. The maximum Gasteiger partial charge on any atom is 0.249 e. The molecule has 1 heterocycles. The summed E-state index contributed by atoms with van der Waals surface area (Å²) in [5, 5.41) is 31.5. The van der Waals surface area contributed by atoms with Crippen LogP contribution in [0.4, 0.5) is 5.82 Å². The van der Waals surface area contributed by atoms with E-state index in [-0.39, 0.29) is 30.8 Å². The summed E-state index contributed by atoms with van der Waals surface area (Å²) in [4.78, 5) is 25.0. The lowest BCUT2D eigenvalue weighted by Crippen LogP contribution is -2.45. The van der Waals surface area contributed by atoms with Crippen LogP contribution in [0.5, 0.6) is 0 Å². The zero-order valence-electron chi connectivity index (χ0n) is 18.2. The fraction of sp³-hybridized carbons (Fsp3) is 0.800. The Kier molecular flexibility index (Phi) is 14.2. The lowest BCUT2D eigenvalue weighted by atomic mass is 10.1. The van der Waals surface area contributed by atoms with Gasteiger partial charge >= 0.3 is 0 Å². The minimum Gasteiger partial charge on any atom is -0.394 e. The van der Waals surface area contributed by atoms with Crippen molar-refractivity contribution in [2.75, 3.05) is 23.4 Å². The van der Waals surface area contributed by atoms with E-state index in [9.17, 15) is 14.7 Å². The number of amides is 2. The zero-order chi connectivity index (χ0) is 22.2. The monoisotopic (exact) mass is 443 g/mol. The number of carbonyl (C=O) groups excluding carboxylic acids is 2. The van der Waals surface area contributed by atoms with Gasteiger partial charge in [0, 0.05) is 12.2 Å². The maximum absolute atomic E-state index is 12.7. The standard InChI is InChI=1S/C20H37N5O4S/c1-3-5-6-7-8-9-10-19(28)21-17(15-30-11-4-2)20(29)22-18-13-25(24-23-18)12-16(27)14-26/h13,16-17,26-27H,3-12,14-15H2,1-2H3,(H,21,28)(H,22,29)/t16-,17-/m1/s1. The molecule has 30 heavy (non-hydrogen) atoms. The number of aromatic nitrogens is 3. The molecule has 0 unspecified atom stereocenters. The van der Waals surface area contributed by atoms with Gasteiger partial charge in [0.1, 0.15) is 6.04 Å². The molecule has 172 valence electrons. The van der Waals surface area contributed by atoms with Crippen LogP contribution in [-0.2, 0) is 16.1 Å². The third kappa shape index (κ3) is 11.5. The average Bonchev–Trinajstić information content (AvgIpc) is 3.16. The summed E-state index contributed by atoms with van der Waals surface area (Å²) in [6.07, 6.45) is 8.56. The first-order chi connectivity index (χ1) is 14.5. The summed E-state index contributed by atoms with van der Waals surface area (Å²) in [6.45, 7) is 3.93.